The van der Waals surface area contributed by atoms with Gasteiger partial charge < -0.3 is 4.74 Å². The second-order valence-corrected chi connectivity index (χ2v) is 2.90. The molecule has 1 nitrogen and oxygen atoms in total. The molecule has 1 saturated heterocycles. The molecule has 0 spiro atoms. The van der Waals surface area contributed by atoms with Crippen molar-refractivity contribution in [2.75, 3.05) is 0 Å². The van der Waals surface area contributed by atoms with Gasteiger partial charge in [0, 0.05) is 12.8 Å². The number of hydrogen-bond acceptors (Lipinski definition) is 1. The van der Waals surface area contributed by atoms with E-state index in [0.29, 0.717) is 0 Å². The van der Waals surface area contributed by atoms with Crippen LogP contribution >= 0.6 is 0 Å². The Bertz CT molecular complexity index is 170. The molecule has 1 aliphatic heterocycles. The molecule has 0 amide bonds. The number of alkyl halides is 3. The Labute approximate surface area is 56.2 Å². The Morgan fingerprint density at radius 2 is 1.90 bits per heavy atom. The van der Waals surface area contributed by atoms with Crippen molar-refractivity contribution in [1.82, 2.24) is 0 Å². The van der Waals surface area contributed by atoms with Crippen molar-refractivity contribution in [3.8, 4) is 0 Å². The van der Waals surface area contributed by atoms with Crippen LogP contribution < -0.4 is 0 Å². The maximum atomic E-state index is 12.7. The number of ether oxygens (including phenoxy) is 1. The zero-order valence-corrected chi connectivity index (χ0v) is 5.24. The number of hydrogen-bond donors (Lipinski definition) is 0. The van der Waals surface area contributed by atoms with Gasteiger partial charge in [0.1, 0.15) is 0 Å². The maximum Gasteiger partial charge on any atom is 0.279 e. The van der Waals surface area contributed by atoms with E-state index >= 15 is 0 Å². The zero-order valence-electron chi connectivity index (χ0n) is 5.24. The highest BCUT2D eigenvalue weighted by Gasteiger charge is 2.71. The molecule has 2 rings (SSSR count). The quantitative estimate of drug-likeness (QED) is 0.483. The minimum absolute atomic E-state index is 0.132. The van der Waals surface area contributed by atoms with Gasteiger partial charge in [-0.3, -0.25) is 0 Å². The van der Waals surface area contributed by atoms with Crippen LogP contribution in [0.3, 0.4) is 0 Å². The third-order valence-corrected chi connectivity index (χ3v) is 2.06. The zero-order chi connectivity index (χ0) is 7.41. The van der Waals surface area contributed by atoms with E-state index in [1.165, 1.54) is 0 Å². The van der Waals surface area contributed by atoms with Crippen LogP contribution in [-0.4, -0.2) is 17.9 Å². The molecule has 0 aromatic carbocycles. The summed E-state index contributed by atoms with van der Waals surface area (Å²) < 4.78 is 42.0. The van der Waals surface area contributed by atoms with Crippen LogP contribution in [0.5, 0.6) is 0 Å². The summed E-state index contributed by atoms with van der Waals surface area (Å²) in [5.41, 5.74) is 0. The molecular weight excluding hydrogens is 145 g/mol. The van der Waals surface area contributed by atoms with Crippen LogP contribution in [0.4, 0.5) is 13.2 Å². The molecule has 1 heterocycles. The molecule has 1 aliphatic carbocycles. The summed E-state index contributed by atoms with van der Waals surface area (Å²) in [6, 6.07) is 0. The van der Waals surface area contributed by atoms with Crippen molar-refractivity contribution in [3.63, 3.8) is 0 Å². The van der Waals surface area contributed by atoms with Gasteiger partial charge in [0.15, 0.2) is 6.10 Å². The first kappa shape index (κ1) is 6.46. The number of halogens is 3. The van der Waals surface area contributed by atoms with Crippen LogP contribution in [0.15, 0.2) is 0 Å². The fourth-order valence-corrected chi connectivity index (χ4v) is 1.45. The third kappa shape index (κ3) is 0.682. The average molecular weight is 152 g/mol. The van der Waals surface area contributed by atoms with E-state index in [1.54, 1.807) is 0 Å². The van der Waals surface area contributed by atoms with E-state index in [4.69, 9.17) is 0 Å². The summed E-state index contributed by atoms with van der Waals surface area (Å²) in [6.07, 6.45) is -1.31. The average Bonchev–Trinajstić information content (AvgIpc) is 2.41. The summed E-state index contributed by atoms with van der Waals surface area (Å²) in [5.74, 6) is -4.89. The summed E-state index contributed by atoms with van der Waals surface area (Å²) >= 11 is 0. The van der Waals surface area contributed by atoms with Crippen molar-refractivity contribution in [2.24, 2.45) is 0 Å². The van der Waals surface area contributed by atoms with E-state index in [1.807, 2.05) is 0 Å². The van der Waals surface area contributed by atoms with Crippen molar-refractivity contribution in [1.29, 1.82) is 0 Å². The lowest BCUT2D eigenvalue weighted by Crippen LogP contribution is -2.33. The highest BCUT2D eigenvalue weighted by Crippen LogP contribution is 2.55. The molecular formula is C6H7F3O. The fraction of sp³-hybridized carbons (Fsp3) is 1.00. The first-order valence-electron chi connectivity index (χ1n) is 3.29. The molecule has 2 aliphatic rings. The van der Waals surface area contributed by atoms with Crippen molar-refractivity contribution >= 4 is 0 Å². The van der Waals surface area contributed by atoms with E-state index < -0.39 is 17.9 Å². The molecule has 58 valence electrons. The molecule has 0 aromatic heterocycles. The van der Waals surface area contributed by atoms with Gasteiger partial charge in [0.05, 0.1) is 0 Å². The van der Waals surface area contributed by atoms with Gasteiger partial charge in [-0.2, -0.15) is 0 Å². The van der Waals surface area contributed by atoms with Gasteiger partial charge in [-0.05, 0) is 6.42 Å². The third-order valence-electron chi connectivity index (χ3n) is 2.06. The van der Waals surface area contributed by atoms with Crippen molar-refractivity contribution < 1.29 is 17.9 Å². The van der Waals surface area contributed by atoms with E-state index in [2.05, 4.69) is 4.74 Å². The largest absolute Gasteiger partial charge is 0.328 e. The first-order valence-corrected chi connectivity index (χ1v) is 3.29. The Hall–Kier alpha value is -0.250. The van der Waals surface area contributed by atoms with Gasteiger partial charge in [-0.15, -0.1) is 0 Å². The van der Waals surface area contributed by atoms with Gasteiger partial charge >= 0.3 is 0 Å². The molecule has 2 fully saturated rings. The minimum Gasteiger partial charge on any atom is -0.328 e. The summed E-state index contributed by atoms with van der Waals surface area (Å²) in [5, 5.41) is 0. The van der Waals surface area contributed by atoms with Crippen LogP contribution in [-0.2, 0) is 4.74 Å². The van der Waals surface area contributed by atoms with Crippen LogP contribution in [0.25, 0.3) is 0 Å². The lowest BCUT2D eigenvalue weighted by Gasteiger charge is -2.18. The molecule has 4 heteroatoms. The van der Waals surface area contributed by atoms with Crippen molar-refractivity contribution in [3.05, 3.63) is 0 Å². The van der Waals surface area contributed by atoms with Gasteiger partial charge in [0.25, 0.3) is 5.92 Å². The normalized spacial score (nSPS) is 50.1. The highest BCUT2D eigenvalue weighted by molar-refractivity contribution is 5.05. The number of fused-ring (bicyclic) bond motifs is 1. The summed E-state index contributed by atoms with van der Waals surface area (Å²) in [4.78, 5) is 0. The predicted molar refractivity (Wildman–Crippen MR) is 27.5 cm³/mol. The smallest absolute Gasteiger partial charge is 0.279 e. The van der Waals surface area contributed by atoms with Gasteiger partial charge in [0.2, 0.25) is 5.85 Å². The highest BCUT2D eigenvalue weighted by atomic mass is 19.3. The summed E-state index contributed by atoms with van der Waals surface area (Å²) in [6.45, 7) is 0. The van der Waals surface area contributed by atoms with Gasteiger partial charge in [-0.1, -0.05) is 0 Å². The van der Waals surface area contributed by atoms with Crippen molar-refractivity contribution in [2.45, 2.75) is 37.1 Å². The molecule has 0 radical (unpaired) electrons. The van der Waals surface area contributed by atoms with E-state index in [-0.39, 0.29) is 19.3 Å². The molecule has 10 heavy (non-hydrogen) atoms. The second-order valence-electron chi connectivity index (χ2n) is 2.90. The van der Waals surface area contributed by atoms with Crippen LogP contribution in [0.1, 0.15) is 19.3 Å². The molecule has 2 atom stereocenters. The Morgan fingerprint density at radius 1 is 1.20 bits per heavy atom. The van der Waals surface area contributed by atoms with Gasteiger partial charge in [-0.25, -0.2) is 13.2 Å². The monoisotopic (exact) mass is 152 g/mol. The van der Waals surface area contributed by atoms with E-state index in [9.17, 15) is 13.2 Å². The Balaban J connectivity index is 2.16. The van der Waals surface area contributed by atoms with E-state index in [0.717, 1.165) is 0 Å². The topological polar surface area (TPSA) is 12.5 Å². The fourth-order valence-electron chi connectivity index (χ4n) is 1.45. The molecule has 0 N–H and O–H groups in total. The Morgan fingerprint density at radius 3 is 2.40 bits per heavy atom. The summed E-state index contributed by atoms with van der Waals surface area (Å²) in [7, 11) is 0. The standard InChI is InChI=1S/C6H7F3O/c7-5(8)2-1-3-6(9)4(5)10-6/h4H,1-3H2. The van der Waals surface area contributed by atoms with Crippen LogP contribution in [0, 0.1) is 0 Å². The molecule has 2 unspecified atom stereocenters. The lowest BCUT2D eigenvalue weighted by molar-refractivity contribution is -0.0458. The molecule has 0 aromatic rings. The number of rotatable bonds is 0. The lowest BCUT2D eigenvalue weighted by atomic mass is 9.95. The SMILES string of the molecule is FC1(F)CCCC2(F)OC12. The molecule has 1 saturated carbocycles. The molecule has 0 bridgehead atoms. The maximum absolute atomic E-state index is 12.7. The first-order chi connectivity index (χ1) is 4.55. The van der Waals surface area contributed by atoms with Crippen LogP contribution in [0.2, 0.25) is 0 Å². The second kappa shape index (κ2) is 1.49. The predicted octanol–water partition coefficient (Wildman–Crippen LogP) is 1.87. The minimum atomic E-state index is -2.92. The Kier molecular flexibility index (Phi) is 0.966. The number of epoxide rings is 1.